The van der Waals surface area contributed by atoms with E-state index < -0.39 is 0 Å². The Bertz CT molecular complexity index is 421. The van der Waals surface area contributed by atoms with Gasteiger partial charge in [0.2, 0.25) is 0 Å². The predicted octanol–water partition coefficient (Wildman–Crippen LogP) is 2.76. The minimum absolute atomic E-state index is 0.774. The van der Waals surface area contributed by atoms with Gasteiger partial charge in [-0.05, 0) is 37.3 Å². The number of rotatable bonds is 3. The van der Waals surface area contributed by atoms with Crippen LogP contribution in [-0.4, -0.2) is 29.5 Å². The fourth-order valence-corrected chi connectivity index (χ4v) is 3.31. The van der Waals surface area contributed by atoms with E-state index in [-0.39, 0.29) is 0 Å². The van der Waals surface area contributed by atoms with E-state index in [0.717, 1.165) is 35.0 Å². The molecule has 2 unspecified atom stereocenters. The van der Waals surface area contributed by atoms with E-state index in [0.29, 0.717) is 0 Å². The molecule has 1 aromatic rings. The summed E-state index contributed by atoms with van der Waals surface area (Å²) >= 11 is 6.22. The third kappa shape index (κ3) is 2.14. The zero-order valence-electron chi connectivity index (χ0n) is 10.1. The van der Waals surface area contributed by atoms with Crippen LogP contribution in [0.4, 0.5) is 5.82 Å². The number of pyridine rings is 1. The first kappa shape index (κ1) is 11.3. The Labute approximate surface area is 107 Å². The highest BCUT2D eigenvalue weighted by atomic mass is 35.5. The molecule has 0 aromatic carbocycles. The van der Waals surface area contributed by atoms with Crippen molar-refractivity contribution in [2.75, 3.05) is 18.9 Å². The van der Waals surface area contributed by atoms with E-state index in [9.17, 15) is 0 Å². The van der Waals surface area contributed by atoms with E-state index in [2.05, 4.69) is 15.2 Å². The summed E-state index contributed by atoms with van der Waals surface area (Å²) < 4.78 is 0. The van der Waals surface area contributed by atoms with Crippen LogP contribution in [0.15, 0.2) is 12.1 Å². The molecule has 1 saturated heterocycles. The molecule has 3 nitrogen and oxygen atoms in total. The molecule has 1 aliphatic heterocycles. The fraction of sp³-hybridized carbons (Fsp3) is 0.615. The van der Waals surface area contributed by atoms with Gasteiger partial charge >= 0.3 is 0 Å². The third-order valence-electron chi connectivity index (χ3n) is 4.05. The zero-order valence-corrected chi connectivity index (χ0v) is 10.9. The van der Waals surface area contributed by atoms with Crippen molar-refractivity contribution in [3.8, 4) is 0 Å². The van der Waals surface area contributed by atoms with Crippen LogP contribution in [0.25, 0.3) is 0 Å². The van der Waals surface area contributed by atoms with Gasteiger partial charge in [0.15, 0.2) is 0 Å². The maximum absolute atomic E-state index is 6.22. The summed E-state index contributed by atoms with van der Waals surface area (Å²) in [6, 6.07) is 4.63. The van der Waals surface area contributed by atoms with E-state index in [1.165, 1.54) is 25.8 Å². The molecule has 0 radical (unpaired) electrons. The number of nitrogens with one attached hydrogen (secondary N) is 1. The molecule has 1 aliphatic carbocycles. The average molecular weight is 252 g/mol. The first-order chi connectivity index (χ1) is 8.26. The van der Waals surface area contributed by atoms with Crippen molar-refractivity contribution in [3.05, 3.63) is 22.8 Å². The van der Waals surface area contributed by atoms with Crippen molar-refractivity contribution in [1.82, 2.24) is 9.88 Å². The molecular weight excluding hydrogens is 234 g/mol. The molecule has 1 aromatic heterocycles. The molecule has 2 heterocycles. The Balaban J connectivity index is 1.76. The van der Waals surface area contributed by atoms with Crippen molar-refractivity contribution in [2.24, 2.45) is 5.92 Å². The lowest BCUT2D eigenvalue weighted by Gasteiger charge is -2.26. The van der Waals surface area contributed by atoms with Gasteiger partial charge in [0.25, 0.3) is 0 Å². The minimum atomic E-state index is 0.774. The first-order valence-electron chi connectivity index (χ1n) is 6.33. The third-order valence-corrected chi connectivity index (χ3v) is 4.39. The van der Waals surface area contributed by atoms with Gasteiger partial charge in [0, 0.05) is 26.2 Å². The predicted molar refractivity (Wildman–Crippen MR) is 70.3 cm³/mol. The van der Waals surface area contributed by atoms with Crippen LogP contribution >= 0.6 is 11.6 Å². The number of hydrogen-bond acceptors (Lipinski definition) is 3. The molecule has 1 saturated carbocycles. The van der Waals surface area contributed by atoms with Crippen molar-refractivity contribution in [2.45, 2.75) is 31.8 Å². The van der Waals surface area contributed by atoms with Crippen LogP contribution in [0.1, 0.15) is 25.0 Å². The smallest absolute Gasteiger partial charge is 0.126 e. The second kappa shape index (κ2) is 4.46. The van der Waals surface area contributed by atoms with Crippen LogP contribution < -0.4 is 5.32 Å². The highest BCUT2D eigenvalue weighted by Gasteiger charge is 2.37. The summed E-state index contributed by atoms with van der Waals surface area (Å²) in [4.78, 5) is 7.10. The lowest BCUT2D eigenvalue weighted by atomic mass is 10.1. The molecule has 2 aliphatic rings. The number of likely N-dealkylation sites (tertiary alicyclic amines) is 1. The van der Waals surface area contributed by atoms with E-state index in [1.54, 1.807) is 0 Å². The van der Waals surface area contributed by atoms with Gasteiger partial charge in [-0.1, -0.05) is 11.6 Å². The summed E-state index contributed by atoms with van der Waals surface area (Å²) in [5.74, 6) is 1.82. The van der Waals surface area contributed by atoms with Gasteiger partial charge in [-0.2, -0.15) is 0 Å². The Hall–Kier alpha value is -0.800. The Morgan fingerprint density at radius 1 is 1.47 bits per heavy atom. The molecule has 92 valence electrons. The lowest BCUT2D eigenvalue weighted by Crippen LogP contribution is -2.31. The molecule has 4 heteroatoms. The Kier molecular flexibility index (Phi) is 2.97. The van der Waals surface area contributed by atoms with Gasteiger partial charge < -0.3 is 5.32 Å². The highest BCUT2D eigenvalue weighted by Crippen LogP contribution is 2.38. The molecule has 0 spiro atoms. The van der Waals surface area contributed by atoms with E-state index in [1.807, 2.05) is 19.2 Å². The monoisotopic (exact) mass is 251 g/mol. The molecule has 17 heavy (non-hydrogen) atoms. The number of nitrogens with zero attached hydrogens (tertiary/aromatic N) is 2. The number of hydrogen-bond donors (Lipinski definition) is 1. The molecule has 0 amide bonds. The van der Waals surface area contributed by atoms with Crippen molar-refractivity contribution in [3.63, 3.8) is 0 Å². The molecule has 3 rings (SSSR count). The van der Waals surface area contributed by atoms with Crippen LogP contribution in [0.2, 0.25) is 5.02 Å². The largest absolute Gasteiger partial charge is 0.373 e. The summed E-state index contributed by atoms with van der Waals surface area (Å²) in [6.45, 7) is 2.13. The topological polar surface area (TPSA) is 28.2 Å². The minimum Gasteiger partial charge on any atom is -0.373 e. The summed E-state index contributed by atoms with van der Waals surface area (Å²) in [7, 11) is 1.89. The van der Waals surface area contributed by atoms with Crippen molar-refractivity contribution >= 4 is 17.4 Å². The van der Waals surface area contributed by atoms with Gasteiger partial charge in [0.05, 0.1) is 10.7 Å². The lowest BCUT2D eigenvalue weighted by molar-refractivity contribution is 0.203. The van der Waals surface area contributed by atoms with Gasteiger partial charge in [-0.25, -0.2) is 4.98 Å². The number of fused-ring (bicyclic) bond motifs is 2. The Morgan fingerprint density at radius 3 is 3.00 bits per heavy atom. The molecule has 1 N–H and O–H groups in total. The Morgan fingerprint density at radius 2 is 2.35 bits per heavy atom. The van der Waals surface area contributed by atoms with Crippen LogP contribution in [0, 0.1) is 5.92 Å². The summed E-state index contributed by atoms with van der Waals surface area (Å²) in [5, 5.41) is 3.85. The zero-order chi connectivity index (χ0) is 11.8. The number of halogens is 1. The second-order valence-electron chi connectivity index (χ2n) is 5.14. The average Bonchev–Trinajstić information content (AvgIpc) is 2.94. The standard InChI is InChI=1S/C13H18ClN3/c1-15-13-5-4-11(14)12(16-13)8-17-7-9-2-3-10(17)6-9/h4-5,9-10H,2-3,6-8H2,1H3,(H,15,16). The first-order valence-corrected chi connectivity index (χ1v) is 6.71. The quantitative estimate of drug-likeness (QED) is 0.896. The maximum Gasteiger partial charge on any atom is 0.126 e. The van der Waals surface area contributed by atoms with Crippen LogP contribution in [-0.2, 0) is 6.54 Å². The van der Waals surface area contributed by atoms with Gasteiger partial charge in [0.1, 0.15) is 5.82 Å². The second-order valence-corrected chi connectivity index (χ2v) is 5.54. The van der Waals surface area contributed by atoms with E-state index >= 15 is 0 Å². The number of anilines is 1. The molecule has 2 fully saturated rings. The maximum atomic E-state index is 6.22. The van der Waals surface area contributed by atoms with Crippen LogP contribution in [0.3, 0.4) is 0 Å². The van der Waals surface area contributed by atoms with Crippen LogP contribution in [0.5, 0.6) is 0 Å². The highest BCUT2D eigenvalue weighted by molar-refractivity contribution is 6.31. The fourth-order valence-electron chi connectivity index (χ4n) is 3.15. The van der Waals surface area contributed by atoms with Crippen molar-refractivity contribution in [1.29, 1.82) is 0 Å². The van der Waals surface area contributed by atoms with Crippen molar-refractivity contribution < 1.29 is 0 Å². The normalized spacial score (nSPS) is 27.6. The summed E-state index contributed by atoms with van der Waals surface area (Å²) in [5.41, 5.74) is 1.01. The number of aromatic nitrogens is 1. The van der Waals surface area contributed by atoms with Gasteiger partial charge in [-0.15, -0.1) is 0 Å². The molecule has 2 atom stereocenters. The SMILES string of the molecule is CNc1ccc(Cl)c(CN2CC3CCC2C3)n1. The van der Waals surface area contributed by atoms with E-state index in [4.69, 9.17) is 11.6 Å². The molecular formula is C13H18ClN3. The molecule has 2 bridgehead atoms. The number of piperidine rings is 1. The summed E-state index contributed by atoms with van der Waals surface area (Å²) in [6.07, 6.45) is 4.15. The van der Waals surface area contributed by atoms with Gasteiger partial charge in [-0.3, -0.25) is 4.90 Å².